The standard InChI is InChI=1S/C25H34N2O/c1-5-22(25(28)26-24-19(3)13-12-14-20(24)4)27(6-2)18-11-10-17-23(27)21-15-8-7-9-16-21/h7-9,12-16,22-23H,5-6,10-11,17-18H2,1-4H3/p+1. The largest absolute Gasteiger partial charge is 0.320 e. The molecule has 1 heterocycles. The van der Waals surface area contributed by atoms with E-state index in [0.29, 0.717) is 6.04 Å². The number of carbonyl (C=O) groups is 1. The van der Waals surface area contributed by atoms with E-state index in [2.05, 4.69) is 75.5 Å². The van der Waals surface area contributed by atoms with Crippen molar-refractivity contribution < 1.29 is 9.28 Å². The van der Waals surface area contributed by atoms with Crippen molar-refractivity contribution in [3.05, 3.63) is 65.2 Å². The molecule has 3 unspecified atom stereocenters. The molecule has 3 heteroatoms. The summed E-state index contributed by atoms with van der Waals surface area (Å²) in [6, 6.07) is 17.4. The average Bonchev–Trinajstić information content (AvgIpc) is 2.72. The van der Waals surface area contributed by atoms with Gasteiger partial charge in [-0.2, -0.15) is 0 Å². The normalized spacial score (nSPS) is 23.2. The third-order valence-corrected chi connectivity index (χ3v) is 6.74. The van der Waals surface area contributed by atoms with Crippen molar-refractivity contribution in [2.45, 2.75) is 65.5 Å². The topological polar surface area (TPSA) is 29.1 Å². The molecule has 0 radical (unpaired) electrons. The van der Waals surface area contributed by atoms with Gasteiger partial charge in [-0.1, -0.05) is 55.5 Å². The van der Waals surface area contributed by atoms with Gasteiger partial charge in [0.2, 0.25) is 0 Å². The van der Waals surface area contributed by atoms with Gasteiger partial charge in [0.25, 0.3) is 5.91 Å². The Balaban J connectivity index is 1.96. The number of piperidine rings is 1. The van der Waals surface area contributed by atoms with E-state index in [-0.39, 0.29) is 11.9 Å². The van der Waals surface area contributed by atoms with Gasteiger partial charge in [-0.15, -0.1) is 0 Å². The molecular formula is C25H35N2O+. The Hall–Kier alpha value is -2.13. The third kappa shape index (κ3) is 3.86. The van der Waals surface area contributed by atoms with Crippen LogP contribution in [0.1, 0.15) is 62.3 Å². The second kappa shape index (κ2) is 8.91. The Morgan fingerprint density at radius 2 is 1.71 bits per heavy atom. The molecule has 0 spiro atoms. The van der Waals surface area contributed by atoms with Crippen LogP contribution in [0.4, 0.5) is 5.69 Å². The predicted octanol–water partition coefficient (Wildman–Crippen LogP) is 5.78. The second-order valence-electron chi connectivity index (χ2n) is 8.25. The Morgan fingerprint density at radius 3 is 2.32 bits per heavy atom. The van der Waals surface area contributed by atoms with Crippen molar-refractivity contribution in [3.8, 4) is 0 Å². The molecule has 0 bridgehead atoms. The number of carbonyl (C=O) groups excluding carboxylic acids is 1. The van der Waals surface area contributed by atoms with Gasteiger partial charge >= 0.3 is 0 Å². The first-order valence-electron chi connectivity index (χ1n) is 10.8. The first-order chi connectivity index (χ1) is 13.5. The number of nitrogens with zero attached hydrogens (tertiary/aromatic N) is 1. The molecule has 0 aromatic heterocycles. The van der Waals surface area contributed by atoms with Gasteiger partial charge in [0.05, 0.1) is 13.1 Å². The fourth-order valence-corrected chi connectivity index (χ4v) is 5.27. The number of benzene rings is 2. The Kier molecular flexibility index (Phi) is 6.56. The van der Waals surface area contributed by atoms with Crippen LogP contribution in [-0.4, -0.2) is 29.5 Å². The number of amides is 1. The molecule has 28 heavy (non-hydrogen) atoms. The summed E-state index contributed by atoms with van der Waals surface area (Å²) in [5, 5.41) is 3.30. The molecular weight excluding hydrogens is 344 g/mol. The average molecular weight is 380 g/mol. The van der Waals surface area contributed by atoms with E-state index in [1.54, 1.807) is 0 Å². The summed E-state index contributed by atoms with van der Waals surface area (Å²) in [6.45, 7) is 10.6. The van der Waals surface area contributed by atoms with Crippen LogP contribution in [0.25, 0.3) is 0 Å². The van der Waals surface area contributed by atoms with Gasteiger partial charge < -0.3 is 9.80 Å². The monoisotopic (exact) mass is 379 g/mol. The van der Waals surface area contributed by atoms with Crippen LogP contribution in [0.15, 0.2) is 48.5 Å². The minimum Gasteiger partial charge on any atom is -0.320 e. The van der Waals surface area contributed by atoms with Crippen molar-refractivity contribution in [2.24, 2.45) is 0 Å². The fourth-order valence-electron chi connectivity index (χ4n) is 5.27. The maximum Gasteiger partial charge on any atom is 0.282 e. The van der Waals surface area contributed by atoms with Crippen molar-refractivity contribution in [1.82, 2.24) is 0 Å². The zero-order chi connectivity index (χ0) is 20.1. The summed E-state index contributed by atoms with van der Waals surface area (Å²) in [7, 11) is 0. The van der Waals surface area contributed by atoms with Crippen LogP contribution in [0.5, 0.6) is 0 Å². The molecule has 3 rings (SSSR count). The SMILES string of the molecule is CCC(C(=O)Nc1c(C)cccc1C)[N+]1(CC)CCCCC1c1ccccc1. The summed E-state index contributed by atoms with van der Waals surface area (Å²) in [5.74, 6) is 0.171. The highest BCUT2D eigenvalue weighted by molar-refractivity contribution is 5.95. The van der Waals surface area contributed by atoms with E-state index in [0.717, 1.165) is 47.2 Å². The fraction of sp³-hybridized carbons (Fsp3) is 0.480. The molecule has 1 aliphatic rings. The van der Waals surface area contributed by atoms with E-state index >= 15 is 0 Å². The van der Waals surface area contributed by atoms with Crippen molar-refractivity contribution in [3.63, 3.8) is 0 Å². The lowest BCUT2D eigenvalue weighted by atomic mass is 9.88. The number of nitrogens with one attached hydrogen (secondary N) is 1. The molecule has 2 aromatic carbocycles. The molecule has 2 aromatic rings. The number of likely N-dealkylation sites (tertiary alicyclic amines) is 1. The number of para-hydroxylation sites is 1. The highest BCUT2D eigenvalue weighted by Gasteiger charge is 2.47. The first-order valence-corrected chi connectivity index (χ1v) is 10.8. The van der Waals surface area contributed by atoms with Gasteiger partial charge in [-0.25, -0.2) is 0 Å². The minimum atomic E-state index is -0.0329. The molecule has 150 valence electrons. The van der Waals surface area contributed by atoms with Gasteiger partial charge in [-0.3, -0.25) is 4.79 Å². The van der Waals surface area contributed by atoms with Crippen LogP contribution < -0.4 is 5.32 Å². The molecule has 1 aliphatic heterocycles. The third-order valence-electron chi connectivity index (χ3n) is 6.74. The van der Waals surface area contributed by atoms with E-state index < -0.39 is 0 Å². The first kappa shape index (κ1) is 20.6. The van der Waals surface area contributed by atoms with Gasteiger partial charge in [0.15, 0.2) is 6.04 Å². The molecule has 1 saturated heterocycles. The lowest BCUT2D eigenvalue weighted by Gasteiger charge is -2.51. The molecule has 3 atom stereocenters. The number of anilines is 1. The second-order valence-corrected chi connectivity index (χ2v) is 8.25. The quantitative estimate of drug-likeness (QED) is 0.633. The van der Waals surface area contributed by atoms with Crippen LogP contribution in [-0.2, 0) is 4.79 Å². The summed E-state index contributed by atoms with van der Waals surface area (Å²) >= 11 is 0. The van der Waals surface area contributed by atoms with Crippen LogP contribution in [0, 0.1) is 13.8 Å². The number of quaternary nitrogens is 1. The Labute approximate surface area is 170 Å². The number of hydrogen-bond acceptors (Lipinski definition) is 1. The number of hydrogen-bond donors (Lipinski definition) is 1. The zero-order valence-corrected chi connectivity index (χ0v) is 17.9. The maximum atomic E-state index is 13.6. The number of aryl methyl sites for hydroxylation is 2. The van der Waals surface area contributed by atoms with Crippen molar-refractivity contribution in [1.29, 1.82) is 0 Å². The molecule has 1 fully saturated rings. The van der Waals surface area contributed by atoms with Crippen molar-refractivity contribution >= 4 is 11.6 Å². The van der Waals surface area contributed by atoms with Gasteiger partial charge in [0, 0.05) is 24.1 Å². The summed E-state index contributed by atoms with van der Waals surface area (Å²) < 4.78 is 0.872. The van der Waals surface area contributed by atoms with Crippen LogP contribution >= 0.6 is 0 Å². The van der Waals surface area contributed by atoms with Gasteiger partial charge in [0.1, 0.15) is 6.04 Å². The lowest BCUT2D eigenvalue weighted by Crippen LogP contribution is -2.63. The number of rotatable bonds is 6. The van der Waals surface area contributed by atoms with Crippen LogP contribution in [0.2, 0.25) is 0 Å². The molecule has 0 saturated carbocycles. The lowest BCUT2D eigenvalue weighted by molar-refractivity contribution is -0.974. The predicted molar refractivity (Wildman–Crippen MR) is 117 cm³/mol. The maximum absolute atomic E-state index is 13.6. The molecule has 1 amide bonds. The van der Waals surface area contributed by atoms with E-state index in [1.807, 2.05) is 6.07 Å². The van der Waals surface area contributed by atoms with E-state index in [9.17, 15) is 4.79 Å². The molecule has 1 N–H and O–H groups in total. The summed E-state index contributed by atoms with van der Waals surface area (Å²) in [5.41, 5.74) is 4.62. The van der Waals surface area contributed by atoms with Crippen LogP contribution in [0.3, 0.4) is 0 Å². The summed E-state index contributed by atoms with van der Waals surface area (Å²) in [4.78, 5) is 13.6. The molecule has 3 nitrogen and oxygen atoms in total. The molecule has 0 aliphatic carbocycles. The Bertz CT molecular complexity index is 781. The summed E-state index contributed by atoms with van der Waals surface area (Å²) in [6.07, 6.45) is 4.46. The van der Waals surface area contributed by atoms with E-state index in [1.165, 1.54) is 18.4 Å². The van der Waals surface area contributed by atoms with Gasteiger partial charge in [-0.05, 0) is 44.7 Å². The highest BCUT2D eigenvalue weighted by atomic mass is 16.2. The van der Waals surface area contributed by atoms with E-state index in [4.69, 9.17) is 0 Å². The Morgan fingerprint density at radius 1 is 1.04 bits per heavy atom. The number of likely N-dealkylation sites (N-methyl/N-ethyl adjacent to an activating group) is 1. The highest BCUT2D eigenvalue weighted by Crippen LogP contribution is 2.41. The minimum absolute atomic E-state index is 0.0329. The zero-order valence-electron chi connectivity index (χ0n) is 17.9. The smallest absolute Gasteiger partial charge is 0.282 e. The van der Waals surface area contributed by atoms with Crippen molar-refractivity contribution in [2.75, 3.05) is 18.4 Å².